The second kappa shape index (κ2) is 74.3. The van der Waals surface area contributed by atoms with Crippen LogP contribution in [0.2, 0.25) is 0 Å². The molecule has 0 aromatic rings. The monoisotopic (exact) mass is 1300 g/mol. The lowest BCUT2D eigenvalue weighted by Crippen LogP contribution is -2.44. The van der Waals surface area contributed by atoms with E-state index < -0.39 is 24.3 Å². The molecule has 93 heavy (non-hydrogen) atoms. The Hall–Kier alpha value is -3.53. The Morgan fingerprint density at radius 3 is 0.914 bits per heavy atom. The zero-order valence-electron chi connectivity index (χ0n) is 61.9. The van der Waals surface area contributed by atoms with Gasteiger partial charge < -0.3 is 33.3 Å². The number of hydrogen-bond donors (Lipinski definition) is 0. The number of carboxylic acid groups (broad SMARTS) is 1. The first-order chi connectivity index (χ1) is 45.6. The predicted octanol–water partition coefficient (Wildman–Crippen LogP) is 24.0. The Labute approximate surface area is 576 Å². The van der Waals surface area contributed by atoms with Crippen molar-refractivity contribution in [2.24, 2.45) is 0 Å². The smallest absolute Gasteiger partial charge is 0.306 e. The van der Waals surface area contributed by atoms with Gasteiger partial charge in [-0.1, -0.05) is 375 Å². The second-order valence-corrected chi connectivity index (χ2v) is 28.0. The second-order valence-electron chi connectivity index (χ2n) is 28.0. The highest BCUT2D eigenvalue weighted by molar-refractivity contribution is 5.70. The van der Waals surface area contributed by atoms with Crippen LogP contribution in [0.1, 0.15) is 373 Å². The highest BCUT2D eigenvalue weighted by Crippen LogP contribution is 2.19. The summed E-state index contributed by atoms with van der Waals surface area (Å²) in [5.74, 6) is -2.27. The van der Waals surface area contributed by atoms with Crippen LogP contribution in [0.3, 0.4) is 0 Å². The van der Waals surface area contributed by atoms with Crippen molar-refractivity contribution in [1.82, 2.24) is 0 Å². The molecule has 0 aliphatic carbocycles. The maximum absolute atomic E-state index is 13.0. The summed E-state index contributed by atoms with van der Waals surface area (Å²) in [5.41, 5.74) is 0. The molecule has 0 amide bonds. The normalized spacial score (nSPS) is 13.1. The Bertz CT molecular complexity index is 1810. The van der Waals surface area contributed by atoms with Crippen LogP contribution in [0.25, 0.3) is 0 Å². The number of carboxylic acids is 1. The van der Waals surface area contributed by atoms with Crippen molar-refractivity contribution in [3.63, 3.8) is 0 Å². The quantitative estimate of drug-likeness (QED) is 0.0195. The molecular weight excluding hydrogens is 1150 g/mol. The molecule has 2 atom stereocenters. The summed E-state index contributed by atoms with van der Waals surface area (Å²) >= 11 is 0. The number of esters is 2. The number of nitrogens with zero attached hydrogens (tertiary/aromatic N) is 1. The van der Waals surface area contributed by atoms with Gasteiger partial charge in [-0.2, -0.15) is 0 Å². The average molecular weight is 1300 g/mol. The lowest BCUT2D eigenvalue weighted by Gasteiger charge is -2.26. The first-order valence-electron chi connectivity index (χ1n) is 39.7. The lowest BCUT2D eigenvalue weighted by atomic mass is 10.0. The Balaban J connectivity index is 4.02. The topological polar surface area (TPSA) is 111 Å². The van der Waals surface area contributed by atoms with E-state index >= 15 is 0 Å². The highest BCUT2D eigenvalue weighted by atomic mass is 16.7. The summed E-state index contributed by atoms with van der Waals surface area (Å²) in [6.07, 6.45) is 98.5. The van der Waals surface area contributed by atoms with E-state index in [9.17, 15) is 19.5 Å². The minimum absolute atomic E-state index is 0.146. The van der Waals surface area contributed by atoms with Gasteiger partial charge in [-0.25, -0.2) is 0 Å². The van der Waals surface area contributed by atoms with Crippen molar-refractivity contribution in [3.05, 3.63) is 85.1 Å². The predicted molar refractivity (Wildman–Crippen MR) is 398 cm³/mol. The summed E-state index contributed by atoms with van der Waals surface area (Å²) in [7, 11) is 5.94. The molecule has 0 N–H and O–H groups in total. The van der Waals surface area contributed by atoms with Crippen LogP contribution in [0, 0.1) is 0 Å². The molecule has 0 aliphatic heterocycles. The standard InChI is InChI=1S/C84H151NO8/c1-6-8-10-12-14-16-18-20-22-24-26-28-30-32-34-36-38-40-41-43-44-46-48-50-52-54-56-58-60-62-64-66-68-70-72-74-81(86)91-78-80(79-92-84(83(88)89)90-77-76-85(3,4)5)93-82(87)75-73-71-69-67-65-63-61-59-57-55-53-51-49-47-45-42-39-37-35-33-31-29-27-25-23-21-19-17-15-13-11-9-7-2/h9,11,15,17,21,23,27,29,33,35,39,42,47,49,80,84H,6-8,10,12-14,16,18-20,22,24-26,28,30-32,34,36-38,40-41,43-46,48,50-79H2,1-5H3/b11-9-,17-15-,23-21-,29-27-,35-33-,42-39-,49-47-. The number of hydrogen-bond acceptors (Lipinski definition) is 8. The first kappa shape index (κ1) is 89.5. The minimum atomic E-state index is -1.63. The van der Waals surface area contributed by atoms with Gasteiger partial charge in [-0.15, -0.1) is 0 Å². The third-order valence-electron chi connectivity index (χ3n) is 17.7. The molecule has 2 unspecified atom stereocenters. The number of carbonyl (C=O) groups excluding carboxylic acids is 3. The van der Waals surface area contributed by atoms with Crippen molar-refractivity contribution in [2.75, 3.05) is 47.5 Å². The summed E-state index contributed by atoms with van der Waals surface area (Å²) in [4.78, 5) is 37.6. The van der Waals surface area contributed by atoms with Gasteiger partial charge in [0.15, 0.2) is 12.4 Å². The van der Waals surface area contributed by atoms with E-state index in [2.05, 4.69) is 98.9 Å². The van der Waals surface area contributed by atoms with Gasteiger partial charge in [0.1, 0.15) is 13.2 Å². The molecule has 540 valence electrons. The van der Waals surface area contributed by atoms with Crippen LogP contribution in [0.15, 0.2) is 85.1 Å². The van der Waals surface area contributed by atoms with Crippen LogP contribution in [-0.2, 0) is 33.3 Å². The van der Waals surface area contributed by atoms with Crippen molar-refractivity contribution in [2.45, 2.75) is 386 Å². The zero-order chi connectivity index (χ0) is 67.5. The molecule has 0 saturated carbocycles. The summed E-state index contributed by atoms with van der Waals surface area (Å²) in [6, 6.07) is 0. The van der Waals surface area contributed by atoms with E-state index in [1.54, 1.807) is 0 Å². The number of aliphatic carboxylic acids is 1. The van der Waals surface area contributed by atoms with Crippen molar-refractivity contribution in [1.29, 1.82) is 0 Å². The molecule has 0 heterocycles. The Morgan fingerprint density at radius 2 is 0.613 bits per heavy atom. The largest absolute Gasteiger partial charge is 0.545 e. The number of likely N-dealkylation sites (N-methyl/N-ethyl adjacent to an activating group) is 1. The molecule has 0 aliphatic rings. The molecule has 0 spiro atoms. The molecule has 0 radical (unpaired) electrons. The number of carbonyl (C=O) groups is 3. The molecule has 9 heteroatoms. The van der Waals surface area contributed by atoms with Gasteiger partial charge in [-0.05, 0) is 70.6 Å². The van der Waals surface area contributed by atoms with Gasteiger partial charge in [-0.3, -0.25) is 9.59 Å². The SMILES string of the molecule is CC/C=C\C/C=C\C/C=C\C/C=C\C/C=C\C/C=C\C/C=C\CCCCCCCCCCCCCC(=O)OC(COC(=O)CCCCCCCCCCCCCCCCCCCCCCCCCCCCCCCCCCCCC)COC(OCC[N+](C)(C)C)C(=O)[O-]. The van der Waals surface area contributed by atoms with Crippen LogP contribution in [-0.4, -0.2) is 82.3 Å². The molecular formula is C84H151NO8. The van der Waals surface area contributed by atoms with E-state index in [4.69, 9.17) is 18.9 Å². The maximum Gasteiger partial charge on any atom is 0.306 e. The van der Waals surface area contributed by atoms with Crippen molar-refractivity contribution in [3.8, 4) is 0 Å². The molecule has 0 aromatic carbocycles. The van der Waals surface area contributed by atoms with Crippen molar-refractivity contribution < 1.29 is 42.9 Å². The fourth-order valence-electron chi connectivity index (χ4n) is 11.6. The van der Waals surface area contributed by atoms with E-state index in [-0.39, 0.29) is 32.2 Å². The Morgan fingerprint density at radius 1 is 0.333 bits per heavy atom. The number of ether oxygens (including phenoxy) is 4. The Kier molecular flexibility index (Phi) is 71.4. The highest BCUT2D eigenvalue weighted by Gasteiger charge is 2.22. The first-order valence-corrected chi connectivity index (χ1v) is 39.7. The van der Waals surface area contributed by atoms with Gasteiger partial charge in [0.2, 0.25) is 0 Å². The molecule has 9 nitrogen and oxygen atoms in total. The fraction of sp³-hybridized carbons (Fsp3) is 0.798. The number of unbranched alkanes of at least 4 members (excludes halogenated alkanes) is 45. The van der Waals surface area contributed by atoms with Gasteiger partial charge in [0, 0.05) is 12.8 Å². The number of allylic oxidation sites excluding steroid dienone is 14. The summed E-state index contributed by atoms with van der Waals surface area (Å²) in [6.45, 7) is 4.69. The number of quaternary nitrogens is 1. The van der Waals surface area contributed by atoms with Gasteiger partial charge in [0.25, 0.3) is 0 Å². The summed E-state index contributed by atoms with van der Waals surface area (Å²) < 4.78 is 22.9. The summed E-state index contributed by atoms with van der Waals surface area (Å²) in [5, 5.41) is 11.9. The van der Waals surface area contributed by atoms with E-state index in [1.165, 1.54) is 250 Å². The number of rotatable bonds is 74. The fourth-order valence-corrected chi connectivity index (χ4v) is 11.6. The third kappa shape index (κ3) is 75.7. The van der Waals surface area contributed by atoms with E-state index in [0.29, 0.717) is 23.9 Å². The minimum Gasteiger partial charge on any atom is -0.545 e. The van der Waals surface area contributed by atoms with E-state index in [0.717, 1.165) is 89.9 Å². The van der Waals surface area contributed by atoms with Gasteiger partial charge >= 0.3 is 11.9 Å². The van der Waals surface area contributed by atoms with Crippen molar-refractivity contribution >= 4 is 17.9 Å². The molecule has 0 aromatic heterocycles. The third-order valence-corrected chi connectivity index (χ3v) is 17.7. The lowest BCUT2D eigenvalue weighted by molar-refractivity contribution is -0.870. The zero-order valence-corrected chi connectivity index (χ0v) is 61.9. The maximum atomic E-state index is 13.0. The van der Waals surface area contributed by atoms with Crippen LogP contribution < -0.4 is 5.11 Å². The van der Waals surface area contributed by atoms with Gasteiger partial charge in [0.05, 0.1) is 40.3 Å². The molecule has 0 bridgehead atoms. The van der Waals surface area contributed by atoms with E-state index in [1.807, 2.05) is 21.1 Å². The average Bonchev–Trinajstić information content (AvgIpc) is 3.74. The van der Waals surface area contributed by atoms with Crippen LogP contribution >= 0.6 is 0 Å². The molecule has 0 saturated heterocycles. The van der Waals surface area contributed by atoms with Crippen LogP contribution in [0.4, 0.5) is 0 Å². The molecule has 0 rings (SSSR count). The molecule has 0 fully saturated rings. The van der Waals surface area contributed by atoms with Crippen LogP contribution in [0.5, 0.6) is 0 Å².